The second-order valence-electron chi connectivity index (χ2n) is 2.71. The Hall–Kier alpha value is 0.270. The minimum absolute atomic E-state index is 0.203. The van der Waals surface area contributed by atoms with Crippen molar-refractivity contribution in [3.8, 4) is 0 Å². The summed E-state index contributed by atoms with van der Waals surface area (Å²) in [5.41, 5.74) is -0.514. The number of aliphatic hydroxyl groups is 2. The molecule has 0 aromatic heterocycles. The molecule has 0 saturated heterocycles. The lowest BCUT2D eigenvalue weighted by atomic mass is 10.0. The summed E-state index contributed by atoms with van der Waals surface area (Å²) in [6.07, 6.45) is 1.59. The molecule has 0 heterocycles. The minimum Gasteiger partial charge on any atom is -0.396 e. The first-order valence-electron chi connectivity index (χ1n) is 4.09. The Morgan fingerprint density at radius 1 is 1.27 bits per heavy atom. The minimum atomic E-state index is -0.514. The molecule has 0 atom stereocenters. The van der Waals surface area contributed by atoms with E-state index in [4.69, 9.17) is 5.11 Å². The van der Waals surface area contributed by atoms with Crippen LogP contribution in [0.4, 0.5) is 0 Å². The highest BCUT2D eigenvalue weighted by atomic mass is 32.2. The van der Waals surface area contributed by atoms with Crippen LogP contribution in [0.3, 0.4) is 0 Å². The molecule has 2 nitrogen and oxygen atoms in total. The molecule has 0 spiro atoms. The fourth-order valence-electron chi connectivity index (χ4n) is 0.781. The number of thioether (sulfide) groups is 1. The van der Waals surface area contributed by atoms with Crippen molar-refractivity contribution >= 4 is 11.8 Å². The fraction of sp³-hybridized carbons (Fsp3) is 1.00. The van der Waals surface area contributed by atoms with Gasteiger partial charge in [0.25, 0.3) is 0 Å². The second kappa shape index (κ2) is 5.86. The Bertz CT molecular complexity index is 92.1. The highest BCUT2D eigenvalue weighted by Crippen LogP contribution is 2.20. The van der Waals surface area contributed by atoms with Crippen LogP contribution in [0.15, 0.2) is 0 Å². The summed E-state index contributed by atoms with van der Waals surface area (Å²) in [5, 5.41) is 18.3. The number of hydrogen-bond donors (Lipinski definition) is 2. The van der Waals surface area contributed by atoms with E-state index in [1.54, 1.807) is 11.8 Å². The van der Waals surface area contributed by atoms with Crippen molar-refractivity contribution in [1.82, 2.24) is 0 Å². The Labute approximate surface area is 73.0 Å². The van der Waals surface area contributed by atoms with Crippen molar-refractivity contribution < 1.29 is 10.2 Å². The van der Waals surface area contributed by atoms with Gasteiger partial charge in [0.1, 0.15) is 0 Å². The molecule has 0 unspecified atom stereocenters. The Morgan fingerprint density at radius 3 is 2.18 bits per heavy atom. The number of aliphatic hydroxyl groups excluding tert-OH is 1. The van der Waals surface area contributed by atoms with Crippen molar-refractivity contribution in [3.63, 3.8) is 0 Å². The summed E-state index contributed by atoms with van der Waals surface area (Å²) in [4.78, 5) is 0. The van der Waals surface area contributed by atoms with E-state index in [-0.39, 0.29) is 6.61 Å². The SMILES string of the molecule is CCC(O)(CC)CSCCO. The quantitative estimate of drug-likeness (QED) is 0.602. The average Bonchev–Trinajstić information content (AvgIpc) is 2.05. The van der Waals surface area contributed by atoms with E-state index in [2.05, 4.69) is 0 Å². The zero-order valence-electron chi connectivity index (χ0n) is 7.34. The summed E-state index contributed by atoms with van der Waals surface area (Å²) in [6, 6.07) is 0. The summed E-state index contributed by atoms with van der Waals surface area (Å²) in [7, 11) is 0. The maximum Gasteiger partial charge on any atom is 0.0732 e. The molecule has 0 amide bonds. The standard InChI is InChI=1S/C8H18O2S/c1-3-8(10,4-2)7-11-6-5-9/h9-10H,3-7H2,1-2H3. The van der Waals surface area contributed by atoms with Crippen LogP contribution >= 0.6 is 11.8 Å². The normalized spacial score (nSPS) is 12.0. The van der Waals surface area contributed by atoms with Gasteiger partial charge in [-0.25, -0.2) is 0 Å². The molecule has 0 aromatic carbocycles. The van der Waals surface area contributed by atoms with Gasteiger partial charge in [-0.1, -0.05) is 13.8 Å². The van der Waals surface area contributed by atoms with Crippen LogP contribution in [0.2, 0.25) is 0 Å². The molecule has 0 saturated carbocycles. The molecule has 3 heteroatoms. The first-order valence-corrected chi connectivity index (χ1v) is 5.25. The first kappa shape index (κ1) is 11.3. The van der Waals surface area contributed by atoms with Crippen LogP contribution in [0.5, 0.6) is 0 Å². The van der Waals surface area contributed by atoms with Crippen LogP contribution in [0, 0.1) is 0 Å². The molecule has 0 aliphatic carbocycles. The van der Waals surface area contributed by atoms with E-state index in [9.17, 15) is 5.11 Å². The topological polar surface area (TPSA) is 40.5 Å². The predicted molar refractivity (Wildman–Crippen MR) is 49.9 cm³/mol. The lowest BCUT2D eigenvalue weighted by Gasteiger charge is -2.24. The number of hydrogen-bond acceptors (Lipinski definition) is 3. The third-order valence-corrected chi connectivity index (χ3v) is 3.14. The molecule has 0 rings (SSSR count). The molecular formula is C8H18O2S. The van der Waals surface area contributed by atoms with Gasteiger partial charge in [0.05, 0.1) is 12.2 Å². The van der Waals surface area contributed by atoms with E-state index in [1.807, 2.05) is 13.8 Å². The van der Waals surface area contributed by atoms with Crippen LogP contribution in [0.25, 0.3) is 0 Å². The van der Waals surface area contributed by atoms with Crippen molar-refractivity contribution in [2.75, 3.05) is 18.1 Å². The van der Waals surface area contributed by atoms with Crippen molar-refractivity contribution in [3.05, 3.63) is 0 Å². The van der Waals surface area contributed by atoms with Crippen LogP contribution in [0.1, 0.15) is 26.7 Å². The largest absolute Gasteiger partial charge is 0.396 e. The number of rotatable bonds is 6. The molecule has 2 N–H and O–H groups in total. The maximum absolute atomic E-state index is 9.75. The third-order valence-electron chi connectivity index (χ3n) is 1.92. The van der Waals surface area contributed by atoms with Gasteiger partial charge < -0.3 is 10.2 Å². The summed E-state index contributed by atoms with van der Waals surface area (Å²) in [6.45, 7) is 4.18. The molecule has 0 aliphatic heterocycles. The predicted octanol–water partition coefficient (Wildman–Crippen LogP) is 1.26. The molecule has 0 fully saturated rings. The lowest BCUT2D eigenvalue weighted by Crippen LogP contribution is -2.29. The average molecular weight is 178 g/mol. The van der Waals surface area contributed by atoms with Gasteiger partial charge in [0.2, 0.25) is 0 Å². The Balaban J connectivity index is 3.51. The van der Waals surface area contributed by atoms with Crippen molar-refractivity contribution in [2.45, 2.75) is 32.3 Å². The first-order chi connectivity index (χ1) is 5.18. The van der Waals surface area contributed by atoms with Gasteiger partial charge in [0.15, 0.2) is 0 Å². The fourth-order valence-corrected chi connectivity index (χ4v) is 1.84. The van der Waals surface area contributed by atoms with E-state index in [0.717, 1.165) is 24.3 Å². The van der Waals surface area contributed by atoms with Crippen LogP contribution in [-0.4, -0.2) is 33.9 Å². The third kappa shape index (κ3) is 4.67. The van der Waals surface area contributed by atoms with Gasteiger partial charge in [0, 0.05) is 11.5 Å². The summed E-state index contributed by atoms with van der Waals surface area (Å²) in [5.74, 6) is 1.46. The van der Waals surface area contributed by atoms with E-state index in [1.165, 1.54) is 0 Å². The molecule has 68 valence electrons. The smallest absolute Gasteiger partial charge is 0.0732 e. The second-order valence-corrected chi connectivity index (χ2v) is 3.81. The molecule has 11 heavy (non-hydrogen) atoms. The monoisotopic (exact) mass is 178 g/mol. The summed E-state index contributed by atoms with van der Waals surface area (Å²) >= 11 is 1.61. The zero-order chi connectivity index (χ0) is 8.74. The van der Waals surface area contributed by atoms with Crippen molar-refractivity contribution in [2.24, 2.45) is 0 Å². The van der Waals surface area contributed by atoms with Crippen molar-refractivity contribution in [1.29, 1.82) is 0 Å². The zero-order valence-corrected chi connectivity index (χ0v) is 8.15. The Kier molecular flexibility index (Phi) is 6.01. The van der Waals surface area contributed by atoms with E-state index in [0.29, 0.717) is 0 Å². The summed E-state index contributed by atoms with van der Waals surface area (Å²) < 4.78 is 0. The Morgan fingerprint density at radius 2 is 1.82 bits per heavy atom. The maximum atomic E-state index is 9.75. The molecule has 0 bridgehead atoms. The lowest BCUT2D eigenvalue weighted by molar-refractivity contribution is 0.0571. The van der Waals surface area contributed by atoms with Gasteiger partial charge in [-0.05, 0) is 12.8 Å². The van der Waals surface area contributed by atoms with Gasteiger partial charge in [-0.2, -0.15) is 11.8 Å². The highest BCUT2D eigenvalue weighted by molar-refractivity contribution is 7.99. The van der Waals surface area contributed by atoms with E-state index < -0.39 is 5.60 Å². The van der Waals surface area contributed by atoms with Crippen LogP contribution in [-0.2, 0) is 0 Å². The van der Waals surface area contributed by atoms with Gasteiger partial charge in [-0.15, -0.1) is 0 Å². The molecule has 0 aliphatic rings. The molecule has 0 aromatic rings. The molecule has 0 radical (unpaired) electrons. The van der Waals surface area contributed by atoms with Gasteiger partial charge >= 0.3 is 0 Å². The van der Waals surface area contributed by atoms with Gasteiger partial charge in [-0.3, -0.25) is 0 Å². The van der Waals surface area contributed by atoms with E-state index >= 15 is 0 Å². The molecular weight excluding hydrogens is 160 g/mol. The highest BCUT2D eigenvalue weighted by Gasteiger charge is 2.21. The van der Waals surface area contributed by atoms with Crippen LogP contribution < -0.4 is 0 Å².